The fraction of sp³-hybridized carbons (Fsp3) is 0.333. The van der Waals surface area contributed by atoms with Crippen LogP contribution in [-0.4, -0.2) is 25.0 Å². The third kappa shape index (κ3) is 1.94. The summed E-state index contributed by atoms with van der Waals surface area (Å²) >= 11 is 1.29. The van der Waals surface area contributed by atoms with Crippen LogP contribution in [-0.2, 0) is 9.53 Å². The fourth-order valence-electron chi connectivity index (χ4n) is 1.27. The summed E-state index contributed by atoms with van der Waals surface area (Å²) in [6.07, 6.45) is 0. The Hall–Kier alpha value is -1.56. The summed E-state index contributed by atoms with van der Waals surface area (Å²) in [6.45, 7) is 2.35. The van der Waals surface area contributed by atoms with Crippen LogP contribution in [0.2, 0.25) is 0 Å². The van der Waals surface area contributed by atoms with Crippen LogP contribution < -0.4 is 10.6 Å². The van der Waals surface area contributed by atoms with Crippen molar-refractivity contribution in [3.8, 4) is 0 Å². The molecule has 0 aromatic carbocycles. The van der Waals surface area contributed by atoms with Gasteiger partial charge in [-0.1, -0.05) is 0 Å². The molecule has 0 atom stereocenters. The van der Waals surface area contributed by atoms with Crippen LogP contribution in [0.5, 0.6) is 0 Å². The van der Waals surface area contributed by atoms with Gasteiger partial charge in [0.15, 0.2) is 0 Å². The minimum atomic E-state index is -0.354. The van der Waals surface area contributed by atoms with Crippen LogP contribution in [0, 0.1) is 0 Å². The molecule has 0 saturated carbocycles. The highest BCUT2D eigenvalue weighted by molar-refractivity contribution is 7.18. The molecule has 2 heterocycles. The summed E-state index contributed by atoms with van der Waals surface area (Å²) in [6, 6.07) is 1.63. The summed E-state index contributed by atoms with van der Waals surface area (Å²) in [5.74, 6) is -0.455. The largest absolute Gasteiger partial charge is 0.462 e. The standard InChI is InChI=1S/C9H10N2O3S/c1-2-14-9(13)6-3-5-8(15-6)10-4-7(12)11-5/h3,10H,2,4H2,1H3,(H,11,12). The van der Waals surface area contributed by atoms with Crippen LogP contribution in [0.1, 0.15) is 16.6 Å². The number of hydrogen-bond donors (Lipinski definition) is 2. The Bertz CT molecular complexity index is 413. The number of carbonyl (C=O) groups is 2. The maximum absolute atomic E-state index is 11.4. The molecule has 0 spiro atoms. The second-order valence-electron chi connectivity index (χ2n) is 2.98. The zero-order chi connectivity index (χ0) is 10.8. The van der Waals surface area contributed by atoms with E-state index >= 15 is 0 Å². The molecule has 0 bridgehead atoms. The third-order valence-corrected chi connectivity index (χ3v) is 2.97. The Labute approximate surface area is 90.4 Å². The molecule has 1 aromatic rings. The van der Waals surface area contributed by atoms with E-state index in [-0.39, 0.29) is 18.4 Å². The predicted octanol–water partition coefficient (Wildman–Crippen LogP) is 1.29. The molecular weight excluding hydrogens is 216 g/mol. The van der Waals surface area contributed by atoms with Gasteiger partial charge in [-0.25, -0.2) is 4.79 Å². The van der Waals surface area contributed by atoms with E-state index in [4.69, 9.17) is 4.74 Å². The SMILES string of the molecule is CCOC(=O)c1cc2c(s1)NCC(=O)N2. The van der Waals surface area contributed by atoms with Gasteiger partial charge in [0.2, 0.25) is 5.91 Å². The van der Waals surface area contributed by atoms with Crippen LogP contribution in [0.25, 0.3) is 0 Å². The smallest absolute Gasteiger partial charge is 0.348 e. The van der Waals surface area contributed by atoms with Gasteiger partial charge in [-0.2, -0.15) is 0 Å². The molecular formula is C9H10N2O3S. The lowest BCUT2D eigenvalue weighted by Gasteiger charge is -2.13. The number of rotatable bonds is 2. The van der Waals surface area contributed by atoms with Crippen molar-refractivity contribution in [1.29, 1.82) is 0 Å². The lowest BCUT2D eigenvalue weighted by Crippen LogP contribution is -2.26. The third-order valence-electron chi connectivity index (χ3n) is 1.89. The zero-order valence-corrected chi connectivity index (χ0v) is 8.94. The van der Waals surface area contributed by atoms with E-state index in [9.17, 15) is 9.59 Å². The number of thiophene rings is 1. The number of nitrogens with one attached hydrogen (secondary N) is 2. The second-order valence-corrected chi connectivity index (χ2v) is 4.03. The number of esters is 1. The zero-order valence-electron chi connectivity index (χ0n) is 8.12. The van der Waals surface area contributed by atoms with Crippen molar-refractivity contribution in [1.82, 2.24) is 0 Å². The van der Waals surface area contributed by atoms with E-state index in [2.05, 4.69) is 10.6 Å². The Morgan fingerprint density at radius 1 is 1.67 bits per heavy atom. The number of amides is 1. The van der Waals surface area contributed by atoms with Gasteiger partial charge in [0.1, 0.15) is 9.88 Å². The van der Waals surface area contributed by atoms with E-state index in [1.54, 1.807) is 13.0 Å². The average molecular weight is 226 g/mol. The van der Waals surface area contributed by atoms with Gasteiger partial charge in [-0.3, -0.25) is 4.79 Å². The van der Waals surface area contributed by atoms with Gasteiger partial charge in [-0.05, 0) is 13.0 Å². The van der Waals surface area contributed by atoms with E-state index in [1.165, 1.54) is 11.3 Å². The molecule has 0 unspecified atom stereocenters. The minimum absolute atomic E-state index is 0.101. The maximum Gasteiger partial charge on any atom is 0.348 e. The van der Waals surface area contributed by atoms with Crippen LogP contribution in [0.3, 0.4) is 0 Å². The van der Waals surface area contributed by atoms with Crippen molar-refractivity contribution in [2.45, 2.75) is 6.92 Å². The van der Waals surface area contributed by atoms with E-state index in [0.29, 0.717) is 17.2 Å². The predicted molar refractivity (Wildman–Crippen MR) is 57.4 cm³/mol. The van der Waals surface area contributed by atoms with Gasteiger partial charge in [0.05, 0.1) is 18.8 Å². The molecule has 5 nitrogen and oxygen atoms in total. The number of anilines is 2. The Morgan fingerprint density at radius 2 is 2.47 bits per heavy atom. The molecule has 2 N–H and O–H groups in total. The Kier molecular flexibility index (Phi) is 2.59. The molecule has 1 aromatic heterocycles. The average Bonchev–Trinajstić information content (AvgIpc) is 2.60. The van der Waals surface area contributed by atoms with Crippen LogP contribution in [0.15, 0.2) is 6.07 Å². The molecule has 6 heteroatoms. The lowest BCUT2D eigenvalue weighted by molar-refractivity contribution is -0.114. The topological polar surface area (TPSA) is 67.4 Å². The second kappa shape index (κ2) is 3.90. The molecule has 80 valence electrons. The molecule has 0 saturated heterocycles. The molecule has 1 aliphatic heterocycles. The van der Waals surface area contributed by atoms with Crippen molar-refractivity contribution in [3.63, 3.8) is 0 Å². The summed E-state index contributed by atoms with van der Waals surface area (Å²) in [4.78, 5) is 22.9. The fourth-order valence-corrected chi connectivity index (χ4v) is 2.18. The van der Waals surface area contributed by atoms with E-state index < -0.39 is 0 Å². The van der Waals surface area contributed by atoms with Gasteiger partial charge < -0.3 is 15.4 Å². The molecule has 1 amide bonds. The van der Waals surface area contributed by atoms with Gasteiger partial charge in [-0.15, -0.1) is 11.3 Å². The highest BCUT2D eigenvalue weighted by Gasteiger charge is 2.20. The first-order chi connectivity index (χ1) is 7.20. The highest BCUT2D eigenvalue weighted by Crippen LogP contribution is 2.34. The normalized spacial score (nSPS) is 13.8. The van der Waals surface area contributed by atoms with Crippen molar-refractivity contribution in [2.75, 3.05) is 23.8 Å². The van der Waals surface area contributed by atoms with Crippen LogP contribution in [0.4, 0.5) is 10.7 Å². The minimum Gasteiger partial charge on any atom is -0.462 e. The lowest BCUT2D eigenvalue weighted by atomic mass is 10.3. The highest BCUT2D eigenvalue weighted by atomic mass is 32.1. The Morgan fingerprint density at radius 3 is 3.20 bits per heavy atom. The van der Waals surface area contributed by atoms with Crippen molar-refractivity contribution in [3.05, 3.63) is 10.9 Å². The summed E-state index contributed by atoms with van der Waals surface area (Å²) in [7, 11) is 0. The number of fused-ring (bicyclic) bond motifs is 1. The van der Waals surface area contributed by atoms with Gasteiger partial charge in [0, 0.05) is 0 Å². The number of hydrogen-bond acceptors (Lipinski definition) is 5. The van der Waals surface area contributed by atoms with Crippen molar-refractivity contribution >= 4 is 33.9 Å². The van der Waals surface area contributed by atoms with Gasteiger partial charge in [0.25, 0.3) is 0 Å². The molecule has 0 aliphatic carbocycles. The number of carbonyl (C=O) groups excluding carboxylic acids is 2. The van der Waals surface area contributed by atoms with E-state index in [1.807, 2.05) is 0 Å². The van der Waals surface area contributed by atoms with Crippen LogP contribution >= 0.6 is 11.3 Å². The molecule has 0 radical (unpaired) electrons. The molecule has 15 heavy (non-hydrogen) atoms. The molecule has 0 fully saturated rings. The quantitative estimate of drug-likeness (QED) is 0.746. The van der Waals surface area contributed by atoms with Crippen molar-refractivity contribution < 1.29 is 14.3 Å². The summed E-state index contributed by atoms with van der Waals surface area (Å²) in [5, 5.41) is 6.41. The summed E-state index contributed by atoms with van der Waals surface area (Å²) in [5.41, 5.74) is 0.652. The Balaban J connectivity index is 2.22. The molecule has 2 rings (SSSR count). The van der Waals surface area contributed by atoms with Gasteiger partial charge >= 0.3 is 5.97 Å². The van der Waals surface area contributed by atoms with E-state index in [0.717, 1.165) is 5.00 Å². The first kappa shape index (κ1) is 9.97. The number of ether oxygens (including phenoxy) is 1. The van der Waals surface area contributed by atoms with Crippen molar-refractivity contribution in [2.24, 2.45) is 0 Å². The maximum atomic E-state index is 11.4. The summed E-state index contributed by atoms with van der Waals surface area (Å²) < 4.78 is 4.86. The first-order valence-corrected chi connectivity index (χ1v) is 5.37. The monoisotopic (exact) mass is 226 g/mol. The molecule has 1 aliphatic rings. The first-order valence-electron chi connectivity index (χ1n) is 4.55.